The average Bonchev–Trinajstić information content (AvgIpc) is 3.14. The molecule has 3 heterocycles. The number of nitrogens with zero attached hydrogens (tertiary/aromatic N) is 2. The molecule has 1 amide bonds. The number of hydrogen-bond donors (Lipinski definition) is 3. The topological polar surface area (TPSA) is 96.7 Å². The average molecular weight is 311 g/mol. The van der Waals surface area contributed by atoms with Crippen LogP contribution in [0.15, 0.2) is 41.6 Å². The first kappa shape index (κ1) is 13.3. The molecule has 0 fully saturated rings. The Morgan fingerprint density at radius 3 is 3.23 bits per heavy atom. The standard InChI is InChI=1S/C15H13N5OS/c16-11-7-22-13-5-8(1-2-9(11)13)15(21)19-12-3-4-17-14-10(12)6-18-20-14/h1-6,11H,7,16H2,(H2,17,18,19,20,21). The van der Waals surface area contributed by atoms with Crippen LogP contribution in [-0.4, -0.2) is 26.8 Å². The van der Waals surface area contributed by atoms with Crippen molar-refractivity contribution in [3.8, 4) is 0 Å². The van der Waals surface area contributed by atoms with Gasteiger partial charge in [0.15, 0.2) is 5.65 Å². The van der Waals surface area contributed by atoms with Gasteiger partial charge in [-0.1, -0.05) is 6.07 Å². The summed E-state index contributed by atoms with van der Waals surface area (Å²) in [4.78, 5) is 17.7. The van der Waals surface area contributed by atoms with Gasteiger partial charge in [0.1, 0.15) is 0 Å². The maximum absolute atomic E-state index is 12.5. The fourth-order valence-electron chi connectivity index (χ4n) is 2.53. The van der Waals surface area contributed by atoms with Crippen LogP contribution in [-0.2, 0) is 0 Å². The fraction of sp³-hybridized carbons (Fsp3) is 0.133. The number of rotatable bonds is 2. The minimum absolute atomic E-state index is 0.0582. The van der Waals surface area contributed by atoms with E-state index in [-0.39, 0.29) is 11.9 Å². The molecule has 0 spiro atoms. The highest BCUT2D eigenvalue weighted by Crippen LogP contribution is 2.37. The van der Waals surface area contributed by atoms with Gasteiger partial charge < -0.3 is 11.1 Å². The van der Waals surface area contributed by atoms with E-state index in [1.165, 1.54) is 0 Å². The summed E-state index contributed by atoms with van der Waals surface area (Å²) in [5.74, 6) is 0.706. The monoisotopic (exact) mass is 311 g/mol. The van der Waals surface area contributed by atoms with Crippen molar-refractivity contribution in [2.45, 2.75) is 10.9 Å². The van der Waals surface area contributed by atoms with E-state index in [9.17, 15) is 4.79 Å². The maximum Gasteiger partial charge on any atom is 0.255 e. The van der Waals surface area contributed by atoms with Crippen LogP contribution >= 0.6 is 11.8 Å². The molecule has 22 heavy (non-hydrogen) atoms. The lowest BCUT2D eigenvalue weighted by Gasteiger charge is -2.08. The molecule has 2 aromatic heterocycles. The molecule has 0 bridgehead atoms. The van der Waals surface area contributed by atoms with E-state index < -0.39 is 0 Å². The van der Waals surface area contributed by atoms with Crippen molar-refractivity contribution in [2.75, 3.05) is 11.1 Å². The van der Waals surface area contributed by atoms with E-state index in [2.05, 4.69) is 20.5 Å². The van der Waals surface area contributed by atoms with Crippen LogP contribution in [0.1, 0.15) is 22.0 Å². The van der Waals surface area contributed by atoms with Crippen molar-refractivity contribution in [1.82, 2.24) is 15.2 Å². The lowest BCUT2D eigenvalue weighted by Crippen LogP contribution is -2.13. The summed E-state index contributed by atoms with van der Waals surface area (Å²) < 4.78 is 0. The number of benzene rings is 1. The zero-order valence-corrected chi connectivity index (χ0v) is 12.4. The first-order valence-corrected chi connectivity index (χ1v) is 7.83. The highest BCUT2D eigenvalue weighted by atomic mass is 32.2. The molecule has 4 N–H and O–H groups in total. The first-order valence-electron chi connectivity index (χ1n) is 6.84. The van der Waals surface area contributed by atoms with E-state index in [4.69, 9.17) is 5.73 Å². The van der Waals surface area contributed by atoms with Crippen LogP contribution in [0.25, 0.3) is 11.0 Å². The molecule has 6 nitrogen and oxygen atoms in total. The Bertz CT molecular complexity index is 875. The van der Waals surface area contributed by atoms with Crippen LogP contribution in [0, 0.1) is 0 Å². The minimum Gasteiger partial charge on any atom is -0.323 e. The number of pyridine rings is 1. The Labute approximate surface area is 130 Å². The van der Waals surface area contributed by atoms with Crippen molar-refractivity contribution in [1.29, 1.82) is 0 Å². The second-order valence-electron chi connectivity index (χ2n) is 5.12. The molecule has 0 saturated heterocycles. The van der Waals surface area contributed by atoms with E-state index in [1.807, 2.05) is 18.2 Å². The second kappa shape index (κ2) is 5.11. The highest BCUT2D eigenvalue weighted by molar-refractivity contribution is 7.99. The molecular formula is C15H13N5OS. The van der Waals surface area contributed by atoms with Gasteiger partial charge in [0.05, 0.1) is 17.3 Å². The van der Waals surface area contributed by atoms with E-state index in [0.717, 1.165) is 21.6 Å². The van der Waals surface area contributed by atoms with E-state index in [1.54, 1.807) is 30.2 Å². The third-order valence-electron chi connectivity index (χ3n) is 3.70. The first-order chi connectivity index (χ1) is 10.7. The number of carbonyl (C=O) groups excluding carboxylic acids is 1. The number of anilines is 1. The zero-order valence-electron chi connectivity index (χ0n) is 11.5. The molecule has 1 atom stereocenters. The molecule has 3 aromatic rings. The Kier molecular flexibility index (Phi) is 3.09. The SMILES string of the molecule is NC1CSc2cc(C(=O)Nc3ccnc4[nH]ncc34)ccc21. The quantitative estimate of drug-likeness (QED) is 0.675. The normalized spacial score (nSPS) is 16.7. The predicted octanol–water partition coefficient (Wildman–Crippen LogP) is 2.32. The molecule has 1 aromatic carbocycles. The lowest BCUT2D eigenvalue weighted by atomic mass is 10.1. The number of nitrogens with two attached hydrogens (primary N) is 1. The Balaban J connectivity index is 1.64. The Morgan fingerprint density at radius 2 is 2.32 bits per heavy atom. The van der Waals surface area contributed by atoms with E-state index in [0.29, 0.717) is 16.9 Å². The zero-order chi connectivity index (χ0) is 15.1. The molecule has 1 aliphatic rings. The summed E-state index contributed by atoms with van der Waals surface area (Å²) in [5.41, 5.74) is 9.08. The van der Waals surface area contributed by atoms with E-state index >= 15 is 0 Å². The van der Waals surface area contributed by atoms with Crippen molar-refractivity contribution in [3.63, 3.8) is 0 Å². The molecule has 1 aliphatic heterocycles. The predicted molar refractivity (Wildman–Crippen MR) is 85.9 cm³/mol. The number of amides is 1. The summed E-state index contributed by atoms with van der Waals surface area (Å²) >= 11 is 1.69. The van der Waals surface area contributed by atoms with Crippen LogP contribution < -0.4 is 11.1 Å². The largest absolute Gasteiger partial charge is 0.323 e. The molecule has 4 rings (SSSR count). The summed E-state index contributed by atoms with van der Waals surface area (Å²) in [7, 11) is 0. The maximum atomic E-state index is 12.5. The van der Waals surface area contributed by atoms with Crippen LogP contribution in [0.2, 0.25) is 0 Å². The van der Waals surface area contributed by atoms with Crippen molar-refractivity contribution < 1.29 is 4.79 Å². The highest BCUT2D eigenvalue weighted by Gasteiger charge is 2.21. The van der Waals surface area contributed by atoms with Crippen LogP contribution in [0.4, 0.5) is 5.69 Å². The molecule has 1 unspecified atom stereocenters. The summed E-state index contributed by atoms with van der Waals surface area (Å²) in [6, 6.07) is 7.47. The van der Waals surface area contributed by atoms with Crippen LogP contribution in [0.3, 0.4) is 0 Å². The number of thioether (sulfide) groups is 1. The molecular weight excluding hydrogens is 298 g/mol. The van der Waals surface area contributed by atoms with Gasteiger partial charge in [-0.15, -0.1) is 11.8 Å². The number of fused-ring (bicyclic) bond motifs is 2. The number of H-pyrrole nitrogens is 1. The number of carbonyl (C=O) groups is 1. The van der Waals surface area contributed by atoms with Crippen molar-refractivity contribution in [2.24, 2.45) is 5.73 Å². The van der Waals surface area contributed by atoms with Crippen molar-refractivity contribution in [3.05, 3.63) is 47.8 Å². The third-order valence-corrected chi connectivity index (χ3v) is 4.89. The second-order valence-corrected chi connectivity index (χ2v) is 6.18. The van der Waals surface area contributed by atoms with Crippen LogP contribution in [0.5, 0.6) is 0 Å². The molecule has 0 aliphatic carbocycles. The lowest BCUT2D eigenvalue weighted by molar-refractivity contribution is 0.102. The third kappa shape index (κ3) is 2.15. The van der Waals surface area contributed by atoms with Crippen molar-refractivity contribution >= 4 is 34.4 Å². The van der Waals surface area contributed by atoms with Gasteiger partial charge in [-0.25, -0.2) is 4.98 Å². The van der Waals surface area contributed by atoms with Gasteiger partial charge in [-0.2, -0.15) is 5.10 Å². The molecule has 110 valence electrons. The van der Waals surface area contributed by atoms with Gasteiger partial charge in [-0.05, 0) is 23.8 Å². The van der Waals surface area contributed by atoms with Gasteiger partial charge >= 0.3 is 0 Å². The Hall–Kier alpha value is -2.38. The minimum atomic E-state index is -0.155. The molecule has 7 heteroatoms. The van der Waals surface area contributed by atoms with Gasteiger partial charge in [0, 0.05) is 28.5 Å². The smallest absolute Gasteiger partial charge is 0.255 e. The molecule has 0 saturated carbocycles. The summed E-state index contributed by atoms with van der Waals surface area (Å²) in [6.07, 6.45) is 3.28. The number of hydrogen-bond acceptors (Lipinski definition) is 5. The number of aromatic amines is 1. The molecule has 0 radical (unpaired) electrons. The van der Waals surface area contributed by atoms with Gasteiger partial charge in [0.25, 0.3) is 5.91 Å². The number of aromatic nitrogens is 3. The van der Waals surface area contributed by atoms with Gasteiger partial charge in [-0.3, -0.25) is 9.89 Å². The summed E-state index contributed by atoms with van der Waals surface area (Å²) in [6.45, 7) is 0. The fourth-order valence-corrected chi connectivity index (χ4v) is 3.67. The Morgan fingerprint density at radius 1 is 1.41 bits per heavy atom. The van der Waals surface area contributed by atoms with Gasteiger partial charge in [0.2, 0.25) is 0 Å². The number of nitrogens with one attached hydrogen (secondary N) is 2. The summed E-state index contributed by atoms with van der Waals surface area (Å²) in [5, 5.41) is 10.4.